The number of anilines is 1. The molecule has 0 spiro atoms. The molecule has 0 radical (unpaired) electrons. The lowest BCUT2D eigenvalue weighted by Gasteiger charge is -2.12. The molecule has 1 N–H and O–H groups in total. The van der Waals surface area contributed by atoms with Crippen molar-refractivity contribution in [2.24, 2.45) is 0 Å². The number of halogens is 1. The molecule has 0 aliphatic heterocycles. The van der Waals surface area contributed by atoms with Gasteiger partial charge in [-0.3, -0.25) is 0 Å². The van der Waals surface area contributed by atoms with Crippen LogP contribution in [0.4, 0.5) is 5.69 Å². The molecule has 0 amide bonds. The Hall–Kier alpha value is -1.87. The molecule has 0 aliphatic rings. The van der Waals surface area contributed by atoms with Crippen molar-refractivity contribution in [1.82, 2.24) is 4.98 Å². The zero-order valence-electron chi connectivity index (χ0n) is 11.9. The van der Waals surface area contributed by atoms with E-state index in [0.717, 1.165) is 45.3 Å². The predicted molar refractivity (Wildman–Crippen MR) is 93.7 cm³/mol. The maximum Gasteiger partial charge on any atom is 0.0731 e. The van der Waals surface area contributed by atoms with Gasteiger partial charge in [0.2, 0.25) is 0 Å². The lowest BCUT2D eigenvalue weighted by Crippen LogP contribution is -2.01. The van der Waals surface area contributed by atoms with Gasteiger partial charge in [-0.1, -0.05) is 53.2 Å². The summed E-state index contributed by atoms with van der Waals surface area (Å²) in [6.45, 7) is 3.13. The number of pyridine rings is 1. The quantitative estimate of drug-likeness (QED) is 0.679. The Balaban J connectivity index is 2.17. The maximum atomic E-state index is 4.79. The molecule has 0 unspecified atom stereocenters. The van der Waals surface area contributed by atoms with Crippen molar-refractivity contribution in [2.45, 2.75) is 13.3 Å². The first-order valence-corrected chi connectivity index (χ1v) is 7.97. The minimum atomic E-state index is 0.958. The smallest absolute Gasteiger partial charge is 0.0731 e. The summed E-state index contributed by atoms with van der Waals surface area (Å²) < 4.78 is 1.07. The van der Waals surface area contributed by atoms with Crippen molar-refractivity contribution in [3.05, 3.63) is 59.1 Å². The van der Waals surface area contributed by atoms with Crippen LogP contribution < -0.4 is 5.32 Å². The second-order valence-corrected chi connectivity index (χ2v) is 5.93. The van der Waals surface area contributed by atoms with Gasteiger partial charge in [0.15, 0.2) is 0 Å². The number of nitrogens with one attached hydrogen (secondary N) is 1. The van der Waals surface area contributed by atoms with Crippen molar-refractivity contribution >= 4 is 32.5 Å². The van der Waals surface area contributed by atoms with Crippen LogP contribution in [0.5, 0.6) is 0 Å². The lowest BCUT2D eigenvalue weighted by molar-refractivity contribution is 0.981. The van der Waals surface area contributed by atoms with E-state index < -0.39 is 0 Å². The van der Waals surface area contributed by atoms with E-state index in [0.29, 0.717) is 0 Å². The van der Waals surface area contributed by atoms with Crippen LogP contribution >= 0.6 is 15.9 Å². The highest BCUT2D eigenvalue weighted by Gasteiger charge is 2.07. The summed E-state index contributed by atoms with van der Waals surface area (Å²) in [5, 5.41) is 4.66. The van der Waals surface area contributed by atoms with Crippen molar-refractivity contribution < 1.29 is 0 Å². The Labute approximate surface area is 133 Å². The van der Waals surface area contributed by atoms with E-state index in [4.69, 9.17) is 4.98 Å². The van der Waals surface area contributed by atoms with Gasteiger partial charge in [0.25, 0.3) is 0 Å². The van der Waals surface area contributed by atoms with Gasteiger partial charge >= 0.3 is 0 Å². The maximum absolute atomic E-state index is 4.79. The zero-order chi connectivity index (χ0) is 14.7. The van der Waals surface area contributed by atoms with Crippen LogP contribution in [0.2, 0.25) is 0 Å². The molecule has 1 heterocycles. The van der Waals surface area contributed by atoms with Crippen molar-refractivity contribution in [3.63, 3.8) is 0 Å². The number of rotatable bonds is 4. The third kappa shape index (κ3) is 3.08. The van der Waals surface area contributed by atoms with Crippen LogP contribution in [0.1, 0.15) is 13.3 Å². The molecule has 0 atom stereocenters. The van der Waals surface area contributed by atoms with Gasteiger partial charge in [0.05, 0.1) is 11.2 Å². The SMILES string of the molecule is CCCNc1cc(-c2ccccc2)nc2ccc(Br)cc12. The summed E-state index contributed by atoms with van der Waals surface area (Å²) in [6.07, 6.45) is 1.10. The molecule has 3 heteroatoms. The predicted octanol–water partition coefficient (Wildman–Crippen LogP) is 5.49. The van der Waals surface area contributed by atoms with Gasteiger partial charge in [-0.15, -0.1) is 0 Å². The Kier molecular flexibility index (Phi) is 4.20. The van der Waals surface area contributed by atoms with Crippen LogP contribution in [-0.2, 0) is 0 Å². The Morgan fingerprint density at radius 1 is 1.05 bits per heavy atom. The fourth-order valence-electron chi connectivity index (χ4n) is 2.36. The molecule has 0 saturated carbocycles. The number of aromatic nitrogens is 1. The average molecular weight is 341 g/mol. The third-order valence-corrected chi connectivity index (χ3v) is 3.90. The highest BCUT2D eigenvalue weighted by Crippen LogP contribution is 2.30. The normalized spacial score (nSPS) is 10.8. The van der Waals surface area contributed by atoms with Gasteiger partial charge < -0.3 is 5.32 Å². The highest BCUT2D eigenvalue weighted by atomic mass is 79.9. The Morgan fingerprint density at radius 3 is 2.62 bits per heavy atom. The number of hydrogen-bond acceptors (Lipinski definition) is 2. The lowest BCUT2D eigenvalue weighted by atomic mass is 10.1. The summed E-state index contributed by atoms with van der Waals surface area (Å²) in [6, 6.07) is 18.7. The molecule has 3 aromatic rings. The van der Waals surface area contributed by atoms with Crippen LogP contribution in [0, 0.1) is 0 Å². The minimum absolute atomic E-state index is 0.958. The first kappa shape index (κ1) is 14.1. The number of fused-ring (bicyclic) bond motifs is 1. The number of hydrogen-bond donors (Lipinski definition) is 1. The summed E-state index contributed by atoms with van der Waals surface area (Å²) in [7, 11) is 0. The van der Waals surface area contributed by atoms with Gasteiger partial charge in [-0.25, -0.2) is 4.98 Å². The van der Waals surface area contributed by atoms with Crippen molar-refractivity contribution in [2.75, 3.05) is 11.9 Å². The van der Waals surface area contributed by atoms with Gasteiger partial charge in [-0.2, -0.15) is 0 Å². The fourth-order valence-corrected chi connectivity index (χ4v) is 2.72. The first-order chi connectivity index (χ1) is 10.3. The van der Waals surface area contributed by atoms with E-state index in [9.17, 15) is 0 Å². The molecule has 0 aliphatic carbocycles. The summed E-state index contributed by atoms with van der Waals surface area (Å²) >= 11 is 3.54. The molecule has 0 fully saturated rings. The van der Waals surface area contributed by atoms with Crippen LogP contribution in [0.15, 0.2) is 59.1 Å². The van der Waals surface area contributed by atoms with Gasteiger partial charge in [-0.05, 0) is 30.7 Å². The van der Waals surface area contributed by atoms with E-state index >= 15 is 0 Å². The first-order valence-electron chi connectivity index (χ1n) is 7.17. The third-order valence-electron chi connectivity index (χ3n) is 3.41. The van der Waals surface area contributed by atoms with Crippen molar-refractivity contribution in [1.29, 1.82) is 0 Å². The Bertz CT molecular complexity index is 754. The second-order valence-electron chi connectivity index (χ2n) is 5.01. The molecule has 3 rings (SSSR count). The van der Waals surface area contributed by atoms with Crippen LogP contribution in [0.3, 0.4) is 0 Å². The highest BCUT2D eigenvalue weighted by molar-refractivity contribution is 9.10. The molecule has 2 nitrogen and oxygen atoms in total. The van der Waals surface area contributed by atoms with Gasteiger partial charge in [0, 0.05) is 27.7 Å². The average Bonchev–Trinajstić information content (AvgIpc) is 2.53. The molecule has 21 heavy (non-hydrogen) atoms. The van der Waals surface area contributed by atoms with E-state index in [1.807, 2.05) is 24.3 Å². The van der Waals surface area contributed by atoms with E-state index in [1.54, 1.807) is 0 Å². The van der Waals surface area contributed by atoms with E-state index in [2.05, 4.69) is 58.5 Å². The molecule has 0 bridgehead atoms. The summed E-state index contributed by atoms with van der Waals surface area (Å²) in [4.78, 5) is 4.79. The monoisotopic (exact) mass is 340 g/mol. The van der Waals surface area contributed by atoms with Crippen molar-refractivity contribution in [3.8, 4) is 11.3 Å². The van der Waals surface area contributed by atoms with Crippen LogP contribution in [-0.4, -0.2) is 11.5 Å². The summed E-state index contributed by atoms with van der Waals surface area (Å²) in [5.74, 6) is 0. The molecule has 1 aromatic heterocycles. The molecule has 2 aromatic carbocycles. The molecule has 0 saturated heterocycles. The molecular weight excluding hydrogens is 324 g/mol. The summed E-state index contributed by atoms with van der Waals surface area (Å²) in [5.41, 5.74) is 4.30. The standard InChI is InChI=1S/C18H17BrN2/c1-2-10-20-18-12-17(13-6-4-3-5-7-13)21-16-9-8-14(19)11-15(16)18/h3-9,11-12H,2,10H2,1H3,(H,20,21). The number of benzene rings is 2. The molecule has 106 valence electrons. The topological polar surface area (TPSA) is 24.9 Å². The Morgan fingerprint density at radius 2 is 1.86 bits per heavy atom. The van der Waals surface area contributed by atoms with E-state index in [1.165, 1.54) is 0 Å². The zero-order valence-corrected chi connectivity index (χ0v) is 13.5. The molecular formula is C18H17BrN2. The second kappa shape index (κ2) is 6.27. The minimum Gasteiger partial charge on any atom is -0.384 e. The number of nitrogens with zero attached hydrogens (tertiary/aromatic N) is 1. The largest absolute Gasteiger partial charge is 0.384 e. The van der Waals surface area contributed by atoms with E-state index in [-0.39, 0.29) is 0 Å². The van der Waals surface area contributed by atoms with Gasteiger partial charge in [0.1, 0.15) is 0 Å². The van der Waals surface area contributed by atoms with Crippen LogP contribution in [0.25, 0.3) is 22.2 Å². The fraction of sp³-hybridized carbons (Fsp3) is 0.167.